The molecule has 1 rings (SSSR count). The van der Waals surface area contributed by atoms with Gasteiger partial charge in [0.1, 0.15) is 15.7 Å². The van der Waals surface area contributed by atoms with Gasteiger partial charge >= 0.3 is 0 Å². The molecule has 0 nitrogen and oxygen atoms in total. The number of allylic oxidation sites excluding steroid dienone is 5. The van der Waals surface area contributed by atoms with Crippen molar-refractivity contribution in [3.05, 3.63) is 54.6 Å². The lowest BCUT2D eigenvalue weighted by molar-refractivity contribution is 1.65. The summed E-state index contributed by atoms with van der Waals surface area (Å²) >= 11 is 0. The average molecular weight is 194 g/mol. The van der Waals surface area contributed by atoms with E-state index in [1.54, 1.807) is 6.08 Å². The smallest absolute Gasteiger partial charge is 0.0991 e. The summed E-state index contributed by atoms with van der Waals surface area (Å²) in [6.07, 6.45) is 7.87. The quantitative estimate of drug-likeness (QED) is 0.481. The van der Waals surface area contributed by atoms with Crippen LogP contribution in [0.3, 0.4) is 0 Å². The molecule has 0 N–H and O–H groups in total. The number of rotatable bonds is 3. The fourth-order valence-electron chi connectivity index (χ4n) is 1.80. The van der Waals surface area contributed by atoms with Crippen molar-refractivity contribution in [3.63, 3.8) is 0 Å². The Bertz CT molecular complexity index is 394. The molecule has 0 bridgehead atoms. The molecule has 0 atom stereocenters. The van der Waals surface area contributed by atoms with Gasteiger partial charge in [-0.05, 0) is 18.1 Å². The molecule has 0 aliphatic heterocycles. The van der Waals surface area contributed by atoms with E-state index < -0.39 is 0 Å². The maximum Gasteiger partial charge on any atom is 0.140 e. The minimum absolute atomic E-state index is 1.30. The van der Waals surface area contributed by atoms with E-state index >= 15 is 0 Å². The van der Waals surface area contributed by atoms with Crippen LogP contribution in [0.5, 0.6) is 0 Å². The van der Waals surface area contributed by atoms with Crippen molar-refractivity contribution >= 4 is 32.2 Å². The van der Waals surface area contributed by atoms with E-state index in [1.807, 2.05) is 12.2 Å². The lowest BCUT2D eigenvalue weighted by atomic mass is 9.78. The standard InChI is InChI=1S/C13H16B2/c1-3-4-5-7-10(2)13-11(14)8-6-9-12(13)15/h3-9H,1,14-15H2,2H3/b5-4-,10-7+. The van der Waals surface area contributed by atoms with Crippen LogP contribution >= 0.6 is 0 Å². The third-order valence-corrected chi connectivity index (χ3v) is 2.47. The van der Waals surface area contributed by atoms with Gasteiger partial charge in [-0.15, -0.1) is 0 Å². The molecule has 74 valence electrons. The van der Waals surface area contributed by atoms with E-state index in [0.29, 0.717) is 0 Å². The number of benzene rings is 1. The Kier molecular flexibility index (Phi) is 4.23. The van der Waals surface area contributed by atoms with E-state index in [1.165, 1.54) is 22.1 Å². The Morgan fingerprint density at radius 2 is 1.80 bits per heavy atom. The third-order valence-electron chi connectivity index (χ3n) is 2.47. The highest BCUT2D eigenvalue weighted by molar-refractivity contribution is 6.41. The molecule has 15 heavy (non-hydrogen) atoms. The first-order valence-electron chi connectivity index (χ1n) is 5.19. The SMILES string of the molecule is Bc1cccc(B)c1/C(C)=C/C=C\C=C. The van der Waals surface area contributed by atoms with Crippen LogP contribution < -0.4 is 10.9 Å². The summed E-state index contributed by atoms with van der Waals surface area (Å²) < 4.78 is 0. The highest BCUT2D eigenvalue weighted by Gasteiger charge is 2.01. The van der Waals surface area contributed by atoms with Gasteiger partial charge in [0.15, 0.2) is 0 Å². The van der Waals surface area contributed by atoms with E-state index in [2.05, 4.69) is 53.5 Å². The Hall–Kier alpha value is -1.43. The molecule has 0 aliphatic carbocycles. The summed E-state index contributed by atoms with van der Waals surface area (Å²) in [6.45, 7) is 5.79. The minimum atomic E-state index is 1.30. The molecular formula is C13H16B2. The van der Waals surface area contributed by atoms with Crippen LogP contribution in [0.1, 0.15) is 12.5 Å². The number of hydrogen-bond donors (Lipinski definition) is 0. The van der Waals surface area contributed by atoms with Crippen LogP contribution in [-0.2, 0) is 0 Å². The molecule has 0 aliphatic rings. The number of hydrogen-bond acceptors (Lipinski definition) is 0. The first-order valence-corrected chi connectivity index (χ1v) is 5.19. The van der Waals surface area contributed by atoms with Crippen LogP contribution in [0.25, 0.3) is 5.57 Å². The van der Waals surface area contributed by atoms with E-state index in [9.17, 15) is 0 Å². The molecule has 1 aromatic carbocycles. The monoisotopic (exact) mass is 194 g/mol. The summed E-state index contributed by atoms with van der Waals surface area (Å²) in [5.74, 6) is 0. The van der Waals surface area contributed by atoms with Gasteiger partial charge in [0, 0.05) is 0 Å². The Balaban J connectivity index is 3.10. The lowest BCUT2D eigenvalue weighted by Crippen LogP contribution is -2.21. The third kappa shape index (κ3) is 3.02. The largest absolute Gasteiger partial charge is 0.140 e. The van der Waals surface area contributed by atoms with Crippen LogP contribution in [0.4, 0.5) is 0 Å². The average Bonchev–Trinajstić information content (AvgIpc) is 2.18. The van der Waals surface area contributed by atoms with Crippen LogP contribution in [0.15, 0.2) is 49.1 Å². The van der Waals surface area contributed by atoms with Crippen LogP contribution in [0.2, 0.25) is 0 Å². The van der Waals surface area contributed by atoms with Crippen molar-refractivity contribution < 1.29 is 0 Å². The molecule has 0 amide bonds. The molecule has 1 aromatic rings. The van der Waals surface area contributed by atoms with Gasteiger partial charge in [-0.2, -0.15) is 0 Å². The molecule has 0 saturated heterocycles. The highest BCUT2D eigenvalue weighted by Crippen LogP contribution is 2.08. The van der Waals surface area contributed by atoms with E-state index in [0.717, 1.165) is 0 Å². The van der Waals surface area contributed by atoms with Crippen LogP contribution in [0, 0.1) is 0 Å². The molecular weight excluding hydrogens is 178 g/mol. The zero-order valence-electron chi connectivity index (χ0n) is 9.75. The van der Waals surface area contributed by atoms with Crippen molar-refractivity contribution in [1.29, 1.82) is 0 Å². The van der Waals surface area contributed by atoms with Crippen molar-refractivity contribution in [3.8, 4) is 0 Å². The van der Waals surface area contributed by atoms with Gasteiger partial charge < -0.3 is 0 Å². The second-order valence-electron chi connectivity index (χ2n) is 3.74. The van der Waals surface area contributed by atoms with Crippen molar-refractivity contribution in [2.45, 2.75) is 6.92 Å². The summed E-state index contributed by atoms with van der Waals surface area (Å²) in [4.78, 5) is 0. The zero-order valence-corrected chi connectivity index (χ0v) is 9.75. The second-order valence-corrected chi connectivity index (χ2v) is 3.74. The fraction of sp³-hybridized carbons (Fsp3) is 0.0769. The first-order chi connectivity index (χ1) is 7.16. The van der Waals surface area contributed by atoms with Gasteiger partial charge in [0.2, 0.25) is 0 Å². The molecule has 0 aromatic heterocycles. The molecule has 0 unspecified atom stereocenters. The van der Waals surface area contributed by atoms with Crippen molar-refractivity contribution in [1.82, 2.24) is 0 Å². The summed E-state index contributed by atoms with van der Waals surface area (Å²) in [5, 5.41) is 0. The van der Waals surface area contributed by atoms with E-state index in [-0.39, 0.29) is 0 Å². The molecule has 0 fully saturated rings. The van der Waals surface area contributed by atoms with Crippen molar-refractivity contribution in [2.24, 2.45) is 0 Å². The van der Waals surface area contributed by atoms with Gasteiger partial charge in [0.25, 0.3) is 0 Å². The molecule has 0 spiro atoms. The van der Waals surface area contributed by atoms with E-state index in [4.69, 9.17) is 0 Å². The van der Waals surface area contributed by atoms with Gasteiger partial charge in [-0.1, -0.05) is 60.0 Å². The van der Waals surface area contributed by atoms with Gasteiger partial charge in [0.05, 0.1) is 0 Å². The predicted molar refractivity (Wildman–Crippen MR) is 75.8 cm³/mol. The second kappa shape index (κ2) is 5.45. The lowest BCUT2D eigenvalue weighted by Gasteiger charge is -2.09. The van der Waals surface area contributed by atoms with Crippen LogP contribution in [-0.4, -0.2) is 15.7 Å². The molecule has 0 saturated carbocycles. The van der Waals surface area contributed by atoms with Crippen molar-refractivity contribution in [2.75, 3.05) is 0 Å². The topological polar surface area (TPSA) is 0 Å². The molecule has 2 heteroatoms. The Labute approximate surface area is 94.2 Å². The normalized spacial score (nSPS) is 11.9. The van der Waals surface area contributed by atoms with Gasteiger partial charge in [-0.3, -0.25) is 0 Å². The Morgan fingerprint density at radius 1 is 1.20 bits per heavy atom. The minimum Gasteiger partial charge on any atom is -0.0991 e. The maximum absolute atomic E-state index is 3.65. The summed E-state index contributed by atoms with van der Waals surface area (Å²) in [6, 6.07) is 6.40. The highest BCUT2D eigenvalue weighted by atomic mass is 14.0. The zero-order chi connectivity index (χ0) is 11.3. The molecule has 0 heterocycles. The van der Waals surface area contributed by atoms with Gasteiger partial charge in [-0.25, -0.2) is 0 Å². The Morgan fingerprint density at radius 3 is 2.33 bits per heavy atom. The fourth-order valence-corrected chi connectivity index (χ4v) is 1.80. The summed E-state index contributed by atoms with van der Waals surface area (Å²) in [7, 11) is 4.30. The molecule has 0 radical (unpaired) electrons. The first kappa shape index (κ1) is 11.6. The maximum atomic E-state index is 3.65. The summed E-state index contributed by atoms with van der Waals surface area (Å²) in [5.41, 5.74) is 5.31. The predicted octanol–water partition coefficient (Wildman–Crippen LogP) is 0.349.